The number of ether oxygens (including phenoxy) is 2. The molecule has 4 aliphatic rings. The number of esters is 2. The number of rotatable bonds is 10. The molecule has 0 fully saturated rings. The first kappa shape index (κ1) is 36.3. The molecule has 4 atom stereocenters. The second-order valence-electron chi connectivity index (χ2n) is 14.5. The largest absolute Gasteiger partial charge is 0.468 e. The highest BCUT2D eigenvalue weighted by Gasteiger charge is 2.45. The fourth-order valence-electron chi connectivity index (χ4n) is 8.48. The van der Waals surface area contributed by atoms with Crippen molar-refractivity contribution in [1.29, 1.82) is 0 Å². The maximum atomic E-state index is 13.5. The van der Waals surface area contributed by atoms with E-state index in [1.807, 2.05) is 13.0 Å². The minimum absolute atomic E-state index is 0.0978. The molecule has 0 unspecified atom stereocenters. The molecule has 9 heteroatoms. The molecule has 51 heavy (non-hydrogen) atoms. The van der Waals surface area contributed by atoms with Crippen LogP contribution in [0.4, 0.5) is 0 Å². The first-order chi connectivity index (χ1) is 24.4. The minimum atomic E-state index is -1.11. The van der Waals surface area contributed by atoms with Crippen LogP contribution in [0.1, 0.15) is 113 Å². The topological polar surface area (TPSA) is 128 Å². The molecule has 6 rings (SSSR count). The number of hydrogen-bond donors (Lipinski definition) is 5. The van der Waals surface area contributed by atoms with Crippen molar-refractivity contribution in [1.82, 2.24) is 20.6 Å². The van der Waals surface area contributed by atoms with E-state index in [-0.39, 0.29) is 30.8 Å². The summed E-state index contributed by atoms with van der Waals surface area (Å²) in [5, 5.41) is 20.9. The number of methoxy groups -OCH3 is 1. The van der Waals surface area contributed by atoms with Gasteiger partial charge in [0.1, 0.15) is 12.5 Å². The predicted octanol–water partition coefficient (Wildman–Crippen LogP) is 6.04. The summed E-state index contributed by atoms with van der Waals surface area (Å²) < 4.78 is 10.9. The number of aliphatic hydroxyl groups is 1. The first-order valence-corrected chi connectivity index (χ1v) is 18.6. The second-order valence-corrected chi connectivity index (χ2v) is 14.5. The number of hydrogen-bond acceptors (Lipinski definition) is 7. The van der Waals surface area contributed by atoms with Crippen molar-refractivity contribution >= 4 is 29.7 Å². The SMILES string of the molecule is CCC/C(C)=C\COC(=O)CCC1=C2N/C(=C\C3=C(C)[C@@H](CC)/C(=C/c4[nH]c(c(CC)c4C)/C=c4\[nH]c5c(c4C)[C@@H](O)[C@H](C(=O)OC)C=52)N3)[C@H]1C. The Morgan fingerprint density at radius 2 is 1.73 bits per heavy atom. The quantitative estimate of drug-likeness (QED) is 0.152. The third kappa shape index (κ3) is 6.45. The van der Waals surface area contributed by atoms with Gasteiger partial charge in [0, 0.05) is 68.9 Å². The van der Waals surface area contributed by atoms with Crippen LogP contribution in [-0.2, 0) is 25.5 Å². The number of carbonyl (C=O) groups excluding carboxylic acids is 2. The fraction of sp³-hybridized carbons (Fsp3) is 0.476. The molecule has 9 nitrogen and oxygen atoms in total. The van der Waals surface area contributed by atoms with Crippen LogP contribution in [0.2, 0.25) is 0 Å². The standard InChI is InChI=1S/C42H54N4O5/c1-10-13-21(4)16-17-51-35(47)15-14-28-24(7)31-18-29-22(5)26(11-2)33(43-29)19-30-23(6)27(12-3)34(44-30)20-32-25(8)36-40(46-32)37(39(28)45-31)38(41(36)48)42(49)50-9/h16,18-20,24,26,38,41,43-46,48H,10-15,17H2,1-9H3/b21-16-,31-18-,32-20-,33-19-/t24-,26+,38+,41+/m0/s1. The van der Waals surface area contributed by atoms with E-state index in [1.165, 1.54) is 29.4 Å². The Labute approximate surface area is 301 Å². The molecule has 272 valence electrons. The molecule has 5 heterocycles. The third-order valence-electron chi connectivity index (χ3n) is 11.5. The second kappa shape index (κ2) is 14.6. The lowest BCUT2D eigenvalue weighted by Gasteiger charge is -2.20. The van der Waals surface area contributed by atoms with E-state index in [4.69, 9.17) is 9.47 Å². The molecule has 0 saturated heterocycles. The van der Waals surface area contributed by atoms with E-state index in [0.717, 1.165) is 76.3 Å². The summed E-state index contributed by atoms with van der Waals surface area (Å²) in [5.41, 5.74) is 14.1. The average Bonchev–Trinajstić information content (AvgIpc) is 3.84. The van der Waals surface area contributed by atoms with Crippen molar-refractivity contribution in [3.63, 3.8) is 0 Å². The molecule has 2 aromatic heterocycles. The molecule has 0 aromatic carbocycles. The number of H-pyrrole nitrogens is 2. The van der Waals surface area contributed by atoms with Crippen LogP contribution in [-0.4, -0.2) is 40.7 Å². The van der Waals surface area contributed by atoms with Gasteiger partial charge >= 0.3 is 11.9 Å². The number of aliphatic hydroxyl groups excluding tert-OH is 1. The van der Waals surface area contributed by atoms with E-state index in [0.29, 0.717) is 22.9 Å². The summed E-state index contributed by atoms with van der Waals surface area (Å²) in [6, 6.07) is 0. The summed E-state index contributed by atoms with van der Waals surface area (Å²) >= 11 is 0. The third-order valence-corrected chi connectivity index (χ3v) is 11.5. The lowest BCUT2D eigenvalue weighted by Crippen LogP contribution is -2.27. The van der Waals surface area contributed by atoms with Gasteiger partial charge in [-0.1, -0.05) is 39.7 Å². The lowest BCUT2D eigenvalue weighted by molar-refractivity contribution is -0.146. The fourth-order valence-corrected chi connectivity index (χ4v) is 8.48. The van der Waals surface area contributed by atoms with Gasteiger partial charge in [-0.15, -0.1) is 0 Å². The highest BCUT2D eigenvalue weighted by atomic mass is 16.5. The Bertz CT molecular complexity index is 2050. The molecule has 0 spiro atoms. The molecule has 0 saturated carbocycles. The number of aromatic amines is 2. The summed E-state index contributed by atoms with van der Waals surface area (Å²) in [4.78, 5) is 33.9. The summed E-state index contributed by atoms with van der Waals surface area (Å²) in [6.45, 7) is 17.3. The van der Waals surface area contributed by atoms with Gasteiger partial charge in [0.15, 0.2) is 0 Å². The van der Waals surface area contributed by atoms with Crippen molar-refractivity contribution in [2.24, 2.45) is 17.8 Å². The smallest absolute Gasteiger partial charge is 0.316 e. The van der Waals surface area contributed by atoms with E-state index >= 15 is 0 Å². The van der Waals surface area contributed by atoms with Crippen molar-refractivity contribution in [3.05, 3.63) is 96.0 Å². The maximum Gasteiger partial charge on any atom is 0.316 e. The molecule has 8 bridgehead atoms. The first-order valence-electron chi connectivity index (χ1n) is 18.6. The summed E-state index contributed by atoms with van der Waals surface area (Å²) in [7, 11) is 1.36. The van der Waals surface area contributed by atoms with Gasteiger partial charge in [0.2, 0.25) is 0 Å². The van der Waals surface area contributed by atoms with Gasteiger partial charge < -0.3 is 35.2 Å². The zero-order valence-corrected chi connectivity index (χ0v) is 31.6. The zero-order valence-electron chi connectivity index (χ0n) is 31.6. The van der Waals surface area contributed by atoms with Crippen LogP contribution in [0, 0.1) is 31.6 Å². The zero-order chi connectivity index (χ0) is 36.7. The molecule has 5 N–H and O–H groups in total. The van der Waals surface area contributed by atoms with Crippen LogP contribution < -0.4 is 21.3 Å². The number of allylic oxidation sites excluding steroid dienone is 5. The van der Waals surface area contributed by atoms with Crippen LogP contribution in [0.5, 0.6) is 0 Å². The highest BCUT2D eigenvalue weighted by Crippen LogP contribution is 2.45. The van der Waals surface area contributed by atoms with Gasteiger partial charge in [-0.2, -0.15) is 0 Å². The highest BCUT2D eigenvalue weighted by molar-refractivity contribution is 5.92. The van der Waals surface area contributed by atoms with Crippen molar-refractivity contribution in [3.8, 4) is 0 Å². The van der Waals surface area contributed by atoms with Gasteiger partial charge in [0.05, 0.1) is 18.6 Å². The number of fused-ring (bicyclic) bond motifs is 8. The Morgan fingerprint density at radius 3 is 2.41 bits per heavy atom. The molecule has 1 aliphatic carbocycles. The number of carbonyl (C=O) groups is 2. The Kier molecular flexibility index (Phi) is 10.4. The van der Waals surface area contributed by atoms with E-state index in [1.54, 1.807) is 0 Å². The predicted molar refractivity (Wildman–Crippen MR) is 201 cm³/mol. The molecule has 0 amide bonds. The van der Waals surface area contributed by atoms with Crippen molar-refractivity contribution < 1.29 is 24.2 Å². The summed E-state index contributed by atoms with van der Waals surface area (Å²) in [6.07, 6.45) is 11.9. The van der Waals surface area contributed by atoms with Crippen LogP contribution in [0.25, 0.3) is 17.7 Å². The normalized spacial score (nSPS) is 25.2. The molecular formula is C42H54N4O5. The number of aromatic nitrogens is 2. The van der Waals surface area contributed by atoms with Crippen LogP contribution >= 0.6 is 0 Å². The van der Waals surface area contributed by atoms with Crippen LogP contribution in [0.15, 0.2) is 51.7 Å². The summed E-state index contributed by atoms with van der Waals surface area (Å²) in [5.74, 6) is -1.59. The molecular weight excluding hydrogens is 640 g/mol. The molecule has 3 aliphatic heterocycles. The van der Waals surface area contributed by atoms with E-state index in [2.05, 4.69) is 87.3 Å². The molecule has 0 radical (unpaired) electrons. The lowest BCUT2D eigenvalue weighted by atomic mass is 9.89. The monoisotopic (exact) mass is 694 g/mol. The Balaban J connectivity index is 1.56. The van der Waals surface area contributed by atoms with E-state index < -0.39 is 18.0 Å². The maximum absolute atomic E-state index is 13.5. The Hall–Kier alpha value is -4.50. The van der Waals surface area contributed by atoms with Gasteiger partial charge in [-0.05, 0) is 106 Å². The van der Waals surface area contributed by atoms with Gasteiger partial charge in [-0.3, -0.25) is 9.59 Å². The number of nitrogens with one attached hydrogen (secondary N) is 4. The average molecular weight is 695 g/mol. The Morgan fingerprint density at radius 1 is 0.961 bits per heavy atom. The van der Waals surface area contributed by atoms with Crippen LogP contribution in [0.3, 0.4) is 0 Å². The van der Waals surface area contributed by atoms with Gasteiger partial charge in [0.25, 0.3) is 0 Å². The van der Waals surface area contributed by atoms with Gasteiger partial charge in [-0.25, -0.2) is 0 Å². The van der Waals surface area contributed by atoms with Crippen molar-refractivity contribution in [2.75, 3.05) is 13.7 Å². The van der Waals surface area contributed by atoms with Crippen molar-refractivity contribution in [2.45, 2.75) is 100 Å². The van der Waals surface area contributed by atoms with E-state index in [9.17, 15) is 14.7 Å². The molecule has 2 aromatic rings. The minimum Gasteiger partial charge on any atom is -0.468 e.